The number of aromatic amines is 1. The molecule has 19 heavy (non-hydrogen) atoms. The first-order valence-electron chi connectivity index (χ1n) is 6.52. The first kappa shape index (κ1) is 10.0. The van der Waals surface area contributed by atoms with Crippen molar-refractivity contribution in [2.75, 3.05) is 6.61 Å². The summed E-state index contributed by atoms with van der Waals surface area (Å²) in [6.07, 6.45) is -5.89. The molecule has 1 aliphatic rings. The Kier molecular flexibility index (Phi) is 2.32. The van der Waals surface area contributed by atoms with Gasteiger partial charge in [0.15, 0.2) is 17.4 Å². The molecule has 1 fully saturated rings. The predicted octanol–water partition coefficient (Wildman–Crippen LogP) is -2.27. The largest absolute Gasteiger partial charge is 0.394 e. The Labute approximate surface area is 108 Å². The Morgan fingerprint density at radius 1 is 1.47 bits per heavy atom. The number of imidazole rings is 1. The van der Waals surface area contributed by atoms with Gasteiger partial charge in [-0.05, 0) is 0 Å². The second-order valence-electron chi connectivity index (χ2n) is 4.16. The van der Waals surface area contributed by atoms with Gasteiger partial charge in [-0.25, -0.2) is 9.97 Å². The van der Waals surface area contributed by atoms with Crippen LogP contribution in [0.4, 0.5) is 0 Å². The summed E-state index contributed by atoms with van der Waals surface area (Å²) in [5, 5.41) is 28.8. The van der Waals surface area contributed by atoms with E-state index in [-0.39, 0.29) is 11.2 Å². The molecule has 9 heteroatoms. The highest BCUT2D eigenvalue weighted by Gasteiger charge is 2.43. The number of hydrogen-bond donors (Lipinski definition) is 4. The summed E-state index contributed by atoms with van der Waals surface area (Å²) in [6.45, 7) is -0.521. The zero-order valence-corrected chi connectivity index (χ0v) is 9.52. The normalized spacial score (nSPS) is 32.6. The fourth-order valence-electron chi connectivity index (χ4n) is 2.04. The van der Waals surface area contributed by atoms with Gasteiger partial charge in [-0.1, -0.05) is 0 Å². The lowest BCUT2D eigenvalue weighted by atomic mass is 10.1. The van der Waals surface area contributed by atoms with E-state index in [2.05, 4.69) is 15.0 Å². The van der Waals surface area contributed by atoms with Gasteiger partial charge in [-0.3, -0.25) is 9.36 Å². The van der Waals surface area contributed by atoms with Crippen molar-refractivity contribution in [3.05, 3.63) is 23.0 Å². The number of hydrogen-bond acceptors (Lipinski definition) is 7. The van der Waals surface area contributed by atoms with Crippen molar-refractivity contribution in [1.82, 2.24) is 19.5 Å². The SMILES string of the molecule is [2H]c1nc2c(nc([2H])n2[C@@H]2O[C@H](CO)[C@@H](O)[C@H]2O)c(=O)[nH]1. The van der Waals surface area contributed by atoms with Gasteiger partial charge >= 0.3 is 0 Å². The second-order valence-corrected chi connectivity index (χ2v) is 4.16. The Hall–Kier alpha value is -1.81. The summed E-state index contributed by atoms with van der Waals surface area (Å²) in [5.74, 6) is 0. The molecule has 1 aliphatic heterocycles. The van der Waals surface area contributed by atoms with Crippen LogP contribution < -0.4 is 5.56 Å². The fourth-order valence-corrected chi connectivity index (χ4v) is 2.04. The van der Waals surface area contributed by atoms with E-state index >= 15 is 0 Å². The second kappa shape index (κ2) is 4.38. The van der Waals surface area contributed by atoms with E-state index in [1.807, 2.05) is 0 Å². The maximum absolute atomic E-state index is 11.7. The Bertz CT molecular complexity index is 747. The molecule has 4 atom stereocenters. The molecule has 4 N–H and O–H groups in total. The monoisotopic (exact) mass is 270 g/mol. The molecule has 0 bridgehead atoms. The average Bonchev–Trinajstić information content (AvgIpc) is 2.89. The summed E-state index contributed by atoms with van der Waals surface area (Å²) in [5.41, 5.74) is -0.971. The molecule has 2 aromatic heterocycles. The van der Waals surface area contributed by atoms with Crippen molar-refractivity contribution in [3.8, 4) is 0 Å². The molecule has 0 radical (unpaired) electrons. The molecule has 0 aliphatic carbocycles. The maximum atomic E-state index is 11.7. The first-order chi connectivity index (χ1) is 9.93. The van der Waals surface area contributed by atoms with Crippen molar-refractivity contribution in [2.45, 2.75) is 24.5 Å². The third kappa shape index (κ3) is 1.75. The lowest BCUT2D eigenvalue weighted by molar-refractivity contribution is -0.0511. The maximum Gasteiger partial charge on any atom is 0.278 e. The van der Waals surface area contributed by atoms with Gasteiger partial charge < -0.3 is 25.0 Å². The fraction of sp³-hybridized carbons (Fsp3) is 0.500. The lowest BCUT2D eigenvalue weighted by Gasteiger charge is -2.16. The van der Waals surface area contributed by atoms with Crippen molar-refractivity contribution in [1.29, 1.82) is 0 Å². The highest BCUT2D eigenvalue weighted by atomic mass is 16.6. The highest BCUT2D eigenvalue weighted by molar-refractivity contribution is 5.68. The Morgan fingerprint density at radius 2 is 2.26 bits per heavy atom. The van der Waals surface area contributed by atoms with E-state index in [1.165, 1.54) is 0 Å². The standard InChI is InChI=1S/C10H12N4O5/c15-1-4-6(16)7(17)10(19-4)14-3-13-5-8(14)11-2-12-9(5)18/h2-4,6-7,10,15-17H,1H2,(H,11,12,18)/t4-,6-,7-,10-/m1/s1/i2D,3D. The van der Waals surface area contributed by atoms with Crippen LogP contribution in [0.25, 0.3) is 11.2 Å². The topological polar surface area (TPSA) is 133 Å². The van der Waals surface area contributed by atoms with Crippen LogP contribution in [0.1, 0.15) is 8.97 Å². The van der Waals surface area contributed by atoms with Crippen LogP contribution in [0, 0.1) is 0 Å². The van der Waals surface area contributed by atoms with Gasteiger partial charge in [0.1, 0.15) is 21.1 Å². The zero-order valence-electron chi connectivity index (χ0n) is 11.5. The number of rotatable bonds is 2. The van der Waals surface area contributed by atoms with Crippen LogP contribution in [0.2, 0.25) is 0 Å². The summed E-state index contributed by atoms with van der Waals surface area (Å²) >= 11 is 0. The molecule has 0 unspecified atom stereocenters. The minimum Gasteiger partial charge on any atom is -0.394 e. The summed E-state index contributed by atoms with van der Waals surface area (Å²) < 4.78 is 21.5. The van der Waals surface area contributed by atoms with Crippen molar-refractivity contribution in [2.24, 2.45) is 0 Å². The van der Waals surface area contributed by atoms with Crippen LogP contribution in [0.15, 0.2) is 17.4 Å². The van der Waals surface area contributed by atoms with Gasteiger partial charge in [0, 0.05) is 0 Å². The van der Waals surface area contributed by atoms with Gasteiger partial charge in [-0.2, -0.15) is 0 Å². The van der Waals surface area contributed by atoms with Crippen molar-refractivity contribution >= 4 is 11.2 Å². The van der Waals surface area contributed by atoms with E-state index in [9.17, 15) is 15.0 Å². The van der Waals surface area contributed by atoms with E-state index in [1.54, 1.807) is 0 Å². The van der Waals surface area contributed by atoms with Crippen molar-refractivity contribution < 1.29 is 22.8 Å². The Balaban J connectivity index is 2.17. The molecule has 3 rings (SSSR count). The lowest BCUT2D eigenvalue weighted by Crippen LogP contribution is -2.33. The number of aliphatic hydroxyl groups excluding tert-OH is 3. The van der Waals surface area contributed by atoms with Crippen LogP contribution in [0.5, 0.6) is 0 Å². The van der Waals surface area contributed by atoms with Gasteiger partial charge in [0.05, 0.1) is 19.2 Å². The third-order valence-electron chi connectivity index (χ3n) is 3.03. The minimum atomic E-state index is -1.43. The van der Waals surface area contributed by atoms with Crippen LogP contribution in [-0.4, -0.2) is 59.8 Å². The van der Waals surface area contributed by atoms with Gasteiger partial charge in [0.2, 0.25) is 0 Å². The molecule has 2 aromatic rings. The van der Waals surface area contributed by atoms with E-state index in [0.29, 0.717) is 0 Å². The summed E-state index contributed by atoms with van der Waals surface area (Å²) in [6, 6.07) is 0. The van der Waals surface area contributed by atoms with E-state index in [4.69, 9.17) is 12.6 Å². The zero-order chi connectivity index (χ0) is 15.3. The number of aromatic nitrogens is 4. The summed E-state index contributed by atoms with van der Waals surface area (Å²) in [7, 11) is 0. The smallest absolute Gasteiger partial charge is 0.278 e. The Morgan fingerprint density at radius 3 is 2.95 bits per heavy atom. The quantitative estimate of drug-likeness (QED) is 0.483. The molecule has 1 saturated heterocycles. The number of fused-ring (bicyclic) bond motifs is 1. The van der Waals surface area contributed by atoms with Gasteiger partial charge in [0.25, 0.3) is 5.56 Å². The predicted molar refractivity (Wildman–Crippen MR) is 61.2 cm³/mol. The molecular weight excluding hydrogens is 256 g/mol. The molecule has 0 spiro atoms. The molecule has 102 valence electrons. The van der Waals surface area contributed by atoms with Crippen LogP contribution in [-0.2, 0) is 4.74 Å². The third-order valence-corrected chi connectivity index (χ3v) is 3.03. The highest BCUT2D eigenvalue weighted by Crippen LogP contribution is 2.30. The van der Waals surface area contributed by atoms with E-state index in [0.717, 1.165) is 4.57 Å². The van der Waals surface area contributed by atoms with E-state index < -0.39 is 49.3 Å². The minimum absolute atomic E-state index is 0.108. The molecule has 0 amide bonds. The molecule has 0 saturated carbocycles. The molecular formula is C10H12N4O5. The first-order valence-corrected chi connectivity index (χ1v) is 5.52. The number of nitrogens with zero attached hydrogens (tertiary/aromatic N) is 3. The average molecular weight is 270 g/mol. The van der Waals surface area contributed by atoms with Crippen LogP contribution in [0.3, 0.4) is 0 Å². The van der Waals surface area contributed by atoms with Crippen LogP contribution >= 0.6 is 0 Å². The van der Waals surface area contributed by atoms with Crippen molar-refractivity contribution in [3.63, 3.8) is 0 Å². The molecule has 0 aromatic carbocycles. The molecule has 3 heterocycles. The molecule has 9 nitrogen and oxygen atoms in total. The number of H-pyrrole nitrogens is 1. The number of aliphatic hydroxyl groups is 3. The van der Waals surface area contributed by atoms with Gasteiger partial charge in [-0.15, -0.1) is 0 Å². The number of nitrogens with one attached hydrogen (secondary N) is 1. The number of ether oxygens (including phenoxy) is 1. The summed E-state index contributed by atoms with van der Waals surface area (Å²) in [4.78, 5) is 21.3.